The van der Waals surface area contributed by atoms with Crippen LogP contribution in [0.2, 0.25) is 0 Å². The molecule has 0 atom stereocenters. The molecule has 17 heavy (non-hydrogen) atoms. The molecule has 0 aliphatic heterocycles. The van der Waals surface area contributed by atoms with Crippen molar-refractivity contribution < 1.29 is 9.90 Å². The van der Waals surface area contributed by atoms with Crippen LogP contribution in [0.3, 0.4) is 0 Å². The summed E-state index contributed by atoms with van der Waals surface area (Å²) in [5, 5.41) is 9.43. The highest BCUT2D eigenvalue weighted by molar-refractivity contribution is 5.89. The molecule has 0 spiro atoms. The zero-order valence-electron chi connectivity index (χ0n) is 8.84. The molecule has 0 saturated heterocycles. The number of benzene rings is 1. The number of aliphatic carboxylic acids is 1. The van der Waals surface area contributed by atoms with Crippen molar-refractivity contribution in [2.45, 2.75) is 0 Å². The van der Waals surface area contributed by atoms with E-state index in [1.165, 1.54) is 6.33 Å². The number of anilines is 1. The van der Waals surface area contributed by atoms with Crippen LogP contribution in [-0.4, -0.2) is 21.0 Å². The van der Waals surface area contributed by atoms with Gasteiger partial charge in [0.15, 0.2) is 5.82 Å². The minimum Gasteiger partial charge on any atom is -0.477 e. The summed E-state index contributed by atoms with van der Waals surface area (Å²) in [7, 11) is 0. The lowest BCUT2D eigenvalue weighted by Gasteiger charge is -2.09. The lowest BCUT2D eigenvalue weighted by molar-refractivity contribution is -0.133. The number of hydrogen-bond donors (Lipinski definition) is 3. The summed E-state index contributed by atoms with van der Waals surface area (Å²) in [6.45, 7) is 3.33. The van der Waals surface area contributed by atoms with Crippen molar-refractivity contribution in [3.8, 4) is 0 Å². The largest absolute Gasteiger partial charge is 0.477 e. The van der Waals surface area contributed by atoms with Gasteiger partial charge in [0, 0.05) is 5.39 Å². The van der Waals surface area contributed by atoms with Crippen LogP contribution in [0.4, 0.5) is 5.82 Å². The molecule has 3 N–H and O–H groups in total. The molecule has 0 aliphatic carbocycles. The van der Waals surface area contributed by atoms with E-state index < -0.39 is 5.97 Å². The van der Waals surface area contributed by atoms with E-state index in [-0.39, 0.29) is 5.70 Å². The summed E-state index contributed by atoms with van der Waals surface area (Å²) in [5.74, 6) is -0.631. The maximum atomic E-state index is 10.5. The second-order valence-corrected chi connectivity index (χ2v) is 3.27. The molecule has 1 aromatic heterocycles. The number of nitrogens with zero attached hydrogens (tertiary/aromatic N) is 2. The molecule has 0 bridgehead atoms. The van der Waals surface area contributed by atoms with Crippen molar-refractivity contribution in [3.05, 3.63) is 42.9 Å². The first kappa shape index (κ1) is 10.9. The van der Waals surface area contributed by atoms with Gasteiger partial charge in [0.05, 0.1) is 5.52 Å². The van der Waals surface area contributed by atoms with Crippen LogP contribution in [0, 0.1) is 0 Å². The van der Waals surface area contributed by atoms with E-state index in [4.69, 9.17) is 5.11 Å². The molecule has 0 unspecified atom stereocenters. The number of carboxylic acids is 1. The van der Waals surface area contributed by atoms with Gasteiger partial charge in [-0.05, 0) is 12.1 Å². The lowest BCUT2D eigenvalue weighted by Crippen LogP contribution is -2.25. The Balaban J connectivity index is 2.24. The van der Waals surface area contributed by atoms with Gasteiger partial charge in [-0.1, -0.05) is 18.7 Å². The lowest BCUT2D eigenvalue weighted by atomic mass is 10.2. The Morgan fingerprint density at radius 3 is 2.82 bits per heavy atom. The van der Waals surface area contributed by atoms with Gasteiger partial charge in [-0.2, -0.15) is 0 Å². The summed E-state index contributed by atoms with van der Waals surface area (Å²) in [6.07, 6.45) is 1.40. The number of nitrogens with one attached hydrogen (secondary N) is 2. The Morgan fingerprint density at radius 1 is 1.29 bits per heavy atom. The Hall–Kier alpha value is -2.63. The first-order valence-electron chi connectivity index (χ1n) is 4.82. The maximum Gasteiger partial charge on any atom is 0.353 e. The Kier molecular flexibility index (Phi) is 2.87. The van der Waals surface area contributed by atoms with Crippen molar-refractivity contribution in [2.24, 2.45) is 0 Å². The van der Waals surface area contributed by atoms with Gasteiger partial charge in [0.2, 0.25) is 0 Å². The predicted octanol–water partition coefficient (Wildman–Crippen LogP) is 1.14. The van der Waals surface area contributed by atoms with Gasteiger partial charge in [-0.3, -0.25) is 10.9 Å². The van der Waals surface area contributed by atoms with E-state index in [0.717, 1.165) is 10.9 Å². The summed E-state index contributed by atoms with van der Waals surface area (Å²) in [4.78, 5) is 18.7. The molecule has 6 heteroatoms. The third-order valence-electron chi connectivity index (χ3n) is 2.13. The predicted molar refractivity (Wildman–Crippen MR) is 63.1 cm³/mol. The van der Waals surface area contributed by atoms with Crippen molar-refractivity contribution in [1.29, 1.82) is 0 Å². The van der Waals surface area contributed by atoms with E-state index in [1.807, 2.05) is 24.3 Å². The first-order chi connectivity index (χ1) is 8.18. The molecular weight excluding hydrogens is 220 g/mol. The summed E-state index contributed by atoms with van der Waals surface area (Å²) in [5.41, 5.74) is 5.76. The number of carbonyl (C=O) groups is 1. The van der Waals surface area contributed by atoms with Crippen LogP contribution in [0.25, 0.3) is 10.9 Å². The monoisotopic (exact) mass is 230 g/mol. The zero-order valence-corrected chi connectivity index (χ0v) is 8.84. The number of fused-ring (bicyclic) bond motifs is 1. The number of hydrogen-bond acceptors (Lipinski definition) is 5. The van der Waals surface area contributed by atoms with Gasteiger partial charge < -0.3 is 5.11 Å². The third-order valence-corrected chi connectivity index (χ3v) is 2.13. The fraction of sp³-hybridized carbons (Fsp3) is 0. The first-order valence-corrected chi connectivity index (χ1v) is 4.82. The maximum absolute atomic E-state index is 10.5. The number of para-hydroxylation sites is 1. The van der Waals surface area contributed by atoms with Crippen molar-refractivity contribution in [3.63, 3.8) is 0 Å². The van der Waals surface area contributed by atoms with Gasteiger partial charge in [-0.15, -0.1) is 0 Å². The minimum absolute atomic E-state index is 0.160. The van der Waals surface area contributed by atoms with Gasteiger partial charge in [0.1, 0.15) is 12.0 Å². The molecule has 0 fully saturated rings. The molecule has 0 radical (unpaired) electrons. The van der Waals surface area contributed by atoms with E-state index in [1.54, 1.807) is 0 Å². The fourth-order valence-electron chi connectivity index (χ4n) is 1.29. The molecule has 6 nitrogen and oxygen atoms in total. The Labute approximate surface area is 97.0 Å². The van der Waals surface area contributed by atoms with Crippen LogP contribution in [0.1, 0.15) is 0 Å². The van der Waals surface area contributed by atoms with Crippen molar-refractivity contribution in [1.82, 2.24) is 15.4 Å². The number of aromatic nitrogens is 2. The highest BCUT2D eigenvalue weighted by atomic mass is 16.4. The van der Waals surface area contributed by atoms with Gasteiger partial charge in [-0.25, -0.2) is 14.8 Å². The second kappa shape index (κ2) is 4.48. The van der Waals surface area contributed by atoms with E-state index in [9.17, 15) is 4.79 Å². The van der Waals surface area contributed by atoms with Crippen molar-refractivity contribution >= 4 is 22.7 Å². The normalized spacial score (nSPS) is 9.88. The molecule has 0 aliphatic rings. The Morgan fingerprint density at radius 2 is 2.06 bits per heavy atom. The fourth-order valence-corrected chi connectivity index (χ4v) is 1.29. The van der Waals surface area contributed by atoms with E-state index >= 15 is 0 Å². The molecular formula is C11H10N4O2. The number of hydrazine groups is 1. The highest BCUT2D eigenvalue weighted by Gasteiger charge is 2.05. The summed E-state index contributed by atoms with van der Waals surface area (Å²) < 4.78 is 0. The molecule has 2 rings (SSSR count). The van der Waals surface area contributed by atoms with E-state index in [2.05, 4.69) is 27.4 Å². The second-order valence-electron chi connectivity index (χ2n) is 3.27. The summed E-state index contributed by atoms with van der Waals surface area (Å²) >= 11 is 0. The standard InChI is InChI=1S/C11H10N4O2/c1-7(11(16)17)14-15-10-8-4-2-3-5-9(8)12-6-13-10/h2-6,14H,1H2,(H,16,17)(H,12,13,15). The SMILES string of the molecule is C=C(NNc1ncnc2ccccc12)C(=O)O. The zero-order chi connectivity index (χ0) is 12.3. The topological polar surface area (TPSA) is 87.1 Å². The molecule has 1 heterocycles. The van der Waals surface area contributed by atoms with Crippen LogP contribution >= 0.6 is 0 Å². The molecule has 1 aromatic carbocycles. The Bertz CT molecular complexity index is 577. The number of carboxylic acid groups (broad SMARTS) is 1. The smallest absolute Gasteiger partial charge is 0.353 e. The van der Waals surface area contributed by atoms with Gasteiger partial charge in [0.25, 0.3) is 0 Å². The number of rotatable bonds is 4. The minimum atomic E-state index is -1.13. The van der Waals surface area contributed by atoms with Crippen LogP contribution in [0.5, 0.6) is 0 Å². The molecule has 0 amide bonds. The average molecular weight is 230 g/mol. The van der Waals surface area contributed by atoms with Crippen LogP contribution < -0.4 is 10.9 Å². The van der Waals surface area contributed by atoms with Crippen LogP contribution in [-0.2, 0) is 4.79 Å². The van der Waals surface area contributed by atoms with Crippen molar-refractivity contribution in [2.75, 3.05) is 5.43 Å². The molecule has 2 aromatic rings. The molecule has 86 valence electrons. The summed E-state index contributed by atoms with van der Waals surface area (Å²) in [6, 6.07) is 7.39. The van der Waals surface area contributed by atoms with Crippen LogP contribution in [0.15, 0.2) is 42.9 Å². The quantitative estimate of drug-likeness (QED) is 0.539. The third kappa shape index (κ3) is 2.31. The van der Waals surface area contributed by atoms with Gasteiger partial charge >= 0.3 is 5.97 Å². The molecule has 0 saturated carbocycles. The van der Waals surface area contributed by atoms with E-state index in [0.29, 0.717) is 5.82 Å². The average Bonchev–Trinajstić information content (AvgIpc) is 2.35. The highest BCUT2D eigenvalue weighted by Crippen LogP contribution is 2.17.